The fourth-order valence-electron chi connectivity index (χ4n) is 10.9. The van der Waals surface area contributed by atoms with E-state index in [1.807, 2.05) is 105 Å². The molecule has 0 spiro atoms. The monoisotopic (exact) mass is 1550 g/mol. The van der Waals surface area contributed by atoms with E-state index >= 15 is 0 Å². The summed E-state index contributed by atoms with van der Waals surface area (Å²) in [4.78, 5) is 44.4. The van der Waals surface area contributed by atoms with Gasteiger partial charge in [-0.1, -0.05) is 388 Å². The number of nitrogens with zero attached hydrogens (tertiary/aromatic N) is 2. The van der Waals surface area contributed by atoms with Gasteiger partial charge in [-0.3, -0.25) is 24.4 Å². The molecule has 2 amide bonds. The highest BCUT2D eigenvalue weighted by Gasteiger charge is 2.27. The molecule has 0 fully saturated rings. The number of anilines is 2. The molecule has 0 bridgehead atoms. The lowest BCUT2D eigenvalue weighted by Crippen LogP contribution is -2.27. The van der Waals surface area contributed by atoms with Crippen molar-refractivity contribution in [3.05, 3.63) is 225 Å². The molecule has 0 aliphatic carbocycles. The van der Waals surface area contributed by atoms with Gasteiger partial charge in [0.15, 0.2) is 0 Å². The van der Waals surface area contributed by atoms with Crippen LogP contribution in [0.2, 0.25) is 0 Å². The number of Topliss-reactive ketones (excluding diaryl/α,β-unsaturated/α-hetero) is 1. The average molecular weight is 1550 g/mol. The summed E-state index contributed by atoms with van der Waals surface area (Å²) in [6.45, 7) is 91.4. The number of aromatic nitrogens is 2. The molecular formula is C106H168N4O3. The number of benzene rings is 5. The number of nitrogens with one attached hydrogen (secondary N) is 2. The van der Waals surface area contributed by atoms with Gasteiger partial charge in [0.2, 0.25) is 11.8 Å². The zero-order valence-corrected chi connectivity index (χ0v) is 80.6. The van der Waals surface area contributed by atoms with Gasteiger partial charge in [-0.05, 0) is 197 Å². The van der Waals surface area contributed by atoms with Crippen LogP contribution < -0.4 is 10.6 Å². The maximum Gasteiger partial charge on any atom is 0.229 e. The first-order chi connectivity index (χ1) is 50.5. The molecule has 0 saturated heterocycles. The lowest BCUT2D eigenvalue weighted by Gasteiger charge is -2.24. The molecule has 2 N–H and O–H groups in total. The van der Waals surface area contributed by atoms with E-state index in [0.29, 0.717) is 22.7 Å². The summed E-state index contributed by atoms with van der Waals surface area (Å²) in [6, 6.07) is 51.8. The Hall–Kier alpha value is -6.99. The predicted octanol–water partition coefficient (Wildman–Crippen LogP) is 29.9. The molecule has 2 heterocycles. The summed E-state index contributed by atoms with van der Waals surface area (Å²) in [5, 5.41) is 5.88. The summed E-state index contributed by atoms with van der Waals surface area (Å²) >= 11 is 0. The lowest BCUT2D eigenvalue weighted by molar-refractivity contribution is -0.125. The Kier molecular flexibility index (Phi) is 38.4. The molecule has 5 aromatic carbocycles. The lowest BCUT2D eigenvalue weighted by atomic mass is 9.81. The summed E-state index contributed by atoms with van der Waals surface area (Å²) in [7, 11) is 0. The summed E-state index contributed by atoms with van der Waals surface area (Å²) in [5.74, 6) is 0.331. The number of carbonyl (C=O) groups excluding carboxylic acids is 3. The fourth-order valence-corrected chi connectivity index (χ4v) is 10.9. The molecule has 0 atom stereocenters. The van der Waals surface area contributed by atoms with Gasteiger partial charge in [-0.25, -0.2) is 0 Å². The minimum absolute atomic E-state index is 0.0473. The molecule has 2 aromatic heterocycles. The van der Waals surface area contributed by atoms with Gasteiger partial charge in [-0.2, -0.15) is 0 Å². The Morgan fingerprint density at radius 2 is 0.558 bits per heavy atom. The Balaban J connectivity index is 0.000000661. The number of rotatable bonds is 10. The van der Waals surface area contributed by atoms with Crippen LogP contribution >= 0.6 is 0 Å². The van der Waals surface area contributed by atoms with Crippen LogP contribution in [0.3, 0.4) is 0 Å². The molecule has 630 valence electrons. The van der Waals surface area contributed by atoms with E-state index in [4.69, 9.17) is 0 Å². The minimum atomic E-state index is -0.357. The van der Waals surface area contributed by atoms with Crippen LogP contribution in [0.4, 0.5) is 11.4 Å². The predicted molar refractivity (Wildman–Crippen MR) is 498 cm³/mol. The molecule has 7 rings (SSSR count). The van der Waals surface area contributed by atoms with E-state index in [1.54, 1.807) is 6.20 Å². The number of aryl methyl sites for hydroxylation is 2. The van der Waals surface area contributed by atoms with Crippen LogP contribution in [0.1, 0.15) is 371 Å². The molecule has 113 heavy (non-hydrogen) atoms. The van der Waals surface area contributed by atoms with E-state index in [9.17, 15) is 14.4 Å². The van der Waals surface area contributed by atoms with Crippen molar-refractivity contribution in [1.82, 2.24) is 9.97 Å². The first-order valence-corrected chi connectivity index (χ1v) is 42.1. The highest BCUT2D eigenvalue weighted by molar-refractivity contribution is 5.95. The molecule has 7 aromatic rings. The van der Waals surface area contributed by atoms with Gasteiger partial charge >= 0.3 is 0 Å². The number of pyridine rings is 2. The van der Waals surface area contributed by atoms with Crippen molar-refractivity contribution in [3.63, 3.8) is 0 Å². The summed E-state index contributed by atoms with van der Waals surface area (Å²) < 4.78 is 0. The largest absolute Gasteiger partial charge is 0.326 e. The van der Waals surface area contributed by atoms with Crippen LogP contribution in [-0.4, -0.2) is 27.6 Å². The quantitative estimate of drug-likeness (QED) is 0.142. The van der Waals surface area contributed by atoms with Gasteiger partial charge in [0.05, 0.1) is 0 Å². The number of hydrogen-bond acceptors (Lipinski definition) is 5. The van der Waals surface area contributed by atoms with E-state index in [-0.39, 0.29) is 77.2 Å². The Morgan fingerprint density at radius 3 is 0.841 bits per heavy atom. The van der Waals surface area contributed by atoms with E-state index in [1.165, 1.54) is 80.6 Å². The Labute approximate surface area is 696 Å². The van der Waals surface area contributed by atoms with Gasteiger partial charge in [0.1, 0.15) is 5.78 Å². The summed E-state index contributed by atoms with van der Waals surface area (Å²) in [6.07, 6.45) is 11.0. The standard InChI is InChI=1S/C17H27NO.C16H25NO.C16H26.C15H23NO.C15H24.C14H22.C13H21N/c1-16(2,3)12-11-13-7-9-14(10-8-13)18-15(19)17(4,5)6;1-15(2,3)11-12-7-9-13(10-8-12)17-14(18)16(4,5)6;1-15(2,3)12-11-13-7-9-14(10-8-13)16(4,5)6;1-14(2,3)11-7-8-16-12(9-11)10-13(17)15(4,5)6;1-14(2,3)11-12-7-9-13(10-8-12)15(4,5)6;1-13(2,3)11-8-7-9-12(10-11)14(4,5)6;1-12(2,3)10-7-8-14-11(9-10)13(4,5)6/h7-10H,11-12H2,1-6H3,(H,18,19);7-10H,11H2,1-6H3,(H,17,18);7-10H,11-12H2,1-6H3;7-9H,10H2,1-6H3;7-10H,11H2,1-6H3;7-10H,1-6H3;7-9H,1-6H3. The van der Waals surface area contributed by atoms with Crippen molar-refractivity contribution in [2.24, 2.45) is 37.9 Å². The fraction of sp³-hybridized carbons (Fsp3) is 0.594. The normalized spacial score (nSPS) is 12.7. The second kappa shape index (κ2) is 41.7. The van der Waals surface area contributed by atoms with Crippen molar-refractivity contribution >= 4 is 29.0 Å². The molecule has 7 heteroatoms. The first kappa shape index (κ1) is 104. The van der Waals surface area contributed by atoms with Crippen LogP contribution in [0, 0.1) is 37.9 Å². The second-order valence-corrected chi connectivity index (χ2v) is 46.9. The van der Waals surface area contributed by atoms with Crippen LogP contribution in [-0.2, 0) is 84.4 Å². The number of carbonyl (C=O) groups is 3. The Morgan fingerprint density at radius 1 is 0.274 bits per heavy atom. The number of amides is 2. The smallest absolute Gasteiger partial charge is 0.229 e. The van der Waals surface area contributed by atoms with Gasteiger partial charge in [0.25, 0.3) is 0 Å². The van der Waals surface area contributed by atoms with Crippen LogP contribution in [0.5, 0.6) is 0 Å². The van der Waals surface area contributed by atoms with Crippen molar-refractivity contribution in [2.75, 3.05) is 10.6 Å². The molecule has 0 aliphatic heterocycles. The van der Waals surface area contributed by atoms with E-state index in [2.05, 4.69) is 358 Å². The zero-order chi connectivity index (χ0) is 88.0. The van der Waals surface area contributed by atoms with Crippen LogP contribution in [0.25, 0.3) is 0 Å². The Bertz CT molecular complexity index is 3830. The maximum absolute atomic E-state index is 12.0. The van der Waals surface area contributed by atoms with Gasteiger partial charge in [0, 0.05) is 63.2 Å². The molecular weight excluding hydrogens is 1380 g/mol. The zero-order valence-electron chi connectivity index (χ0n) is 80.6. The SMILES string of the molecule is CC(C)(C)C(=O)Cc1cc(C(C)(C)C)ccn1.CC(C)(C)CCc1ccc(C(C)(C)C)cc1.CC(C)(C)CCc1ccc(NC(=O)C(C)(C)C)cc1.CC(C)(C)Cc1ccc(C(C)(C)C)cc1.CC(C)(C)Cc1ccc(NC(=O)C(C)(C)C)cc1.CC(C)(C)c1cccc(C(C)(C)C)c1.CC(C)(C)c1ccnc(C(C)(C)C)c1. The topological polar surface area (TPSA) is 101 Å². The molecule has 0 unspecified atom stereocenters. The van der Waals surface area contributed by atoms with Gasteiger partial charge < -0.3 is 10.6 Å². The van der Waals surface area contributed by atoms with Crippen molar-refractivity contribution in [1.29, 1.82) is 0 Å². The average Bonchev–Trinajstić information content (AvgIpc) is 0.812. The van der Waals surface area contributed by atoms with Crippen molar-refractivity contribution in [2.45, 2.75) is 374 Å². The third-order valence-corrected chi connectivity index (χ3v) is 19.1. The minimum Gasteiger partial charge on any atom is -0.326 e. The van der Waals surface area contributed by atoms with Crippen molar-refractivity contribution < 1.29 is 14.4 Å². The molecule has 0 radical (unpaired) electrons. The second-order valence-electron chi connectivity index (χ2n) is 46.9. The number of hydrogen-bond donors (Lipinski definition) is 2. The molecule has 7 nitrogen and oxygen atoms in total. The van der Waals surface area contributed by atoms with Crippen molar-refractivity contribution in [3.8, 4) is 0 Å². The first-order valence-electron chi connectivity index (χ1n) is 42.1. The highest BCUT2D eigenvalue weighted by Crippen LogP contribution is 2.33. The third-order valence-electron chi connectivity index (χ3n) is 19.1. The highest BCUT2D eigenvalue weighted by atomic mass is 16.2. The molecule has 0 aliphatic rings. The number of ketones is 1. The van der Waals surface area contributed by atoms with E-state index < -0.39 is 0 Å². The summed E-state index contributed by atoms with van der Waals surface area (Å²) in [5.41, 5.74) is 19.5. The maximum atomic E-state index is 12.0. The third kappa shape index (κ3) is 45.2. The molecule has 0 saturated carbocycles. The van der Waals surface area contributed by atoms with Crippen LogP contribution in [0.15, 0.2) is 158 Å². The van der Waals surface area contributed by atoms with E-state index in [0.717, 1.165) is 36.3 Å². The van der Waals surface area contributed by atoms with Gasteiger partial charge in [-0.15, -0.1) is 0 Å².